The van der Waals surface area contributed by atoms with E-state index >= 15 is 0 Å². The van der Waals surface area contributed by atoms with Crippen LogP contribution >= 0.6 is 11.3 Å². The molecule has 14 heavy (non-hydrogen) atoms. The highest BCUT2D eigenvalue weighted by Gasteiger charge is 2.18. The van der Waals surface area contributed by atoms with Crippen LogP contribution in [-0.4, -0.2) is 13.1 Å². The topological polar surface area (TPSA) is 26.3 Å². The third-order valence-corrected chi connectivity index (χ3v) is 3.03. The number of ether oxygens (including phenoxy) is 1. The van der Waals surface area contributed by atoms with Gasteiger partial charge in [-0.1, -0.05) is 18.2 Å². The molecule has 4 heteroatoms. The lowest BCUT2D eigenvalue weighted by molar-refractivity contribution is 0.0602. The quantitative estimate of drug-likeness (QED) is 0.676. The van der Waals surface area contributed by atoms with E-state index in [4.69, 9.17) is 0 Å². The molecule has 0 saturated carbocycles. The van der Waals surface area contributed by atoms with E-state index in [-0.39, 0.29) is 4.88 Å². The van der Waals surface area contributed by atoms with Crippen LogP contribution in [0.4, 0.5) is 4.39 Å². The van der Waals surface area contributed by atoms with Gasteiger partial charge in [-0.15, -0.1) is 11.3 Å². The summed E-state index contributed by atoms with van der Waals surface area (Å²) in [6.07, 6.45) is 0. The predicted octanol–water partition coefficient (Wildman–Crippen LogP) is 2.83. The average Bonchev–Trinajstić information content (AvgIpc) is 2.56. The molecule has 0 bridgehead atoms. The van der Waals surface area contributed by atoms with E-state index in [0.717, 1.165) is 16.0 Å². The molecule has 0 spiro atoms. The summed E-state index contributed by atoms with van der Waals surface area (Å²) in [5, 5.41) is 0.470. The highest BCUT2D eigenvalue weighted by molar-refractivity contribution is 7.20. The van der Waals surface area contributed by atoms with Crippen LogP contribution in [0, 0.1) is 5.82 Å². The first-order chi connectivity index (χ1) is 6.74. The maximum atomic E-state index is 13.6. The van der Waals surface area contributed by atoms with Crippen molar-refractivity contribution in [2.45, 2.75) is 0 Å². The first-order valence-electron chi connectivity index (χ1n) is 3.99. The van der Waals surface area contributed by atoms with Crippen molar-refractivity contribution in [3.8, 4) is 0 Å². The molecule has 0 aliphatic carbocycles. The smallest absolute Gasteiger partial charge is 0.351 e. The Morgan fingerprint density at radius 2 is 2.14 bits per heavy atom. The third kappa shape index (κ3) is 1.28. The summed E-state index contributed by atoms with van der Waals surface area (Å²) in [6.45, 7) is 0. The zero-order valence-corrected chi connectivity index (χ0v) is 8.23. The fourth-order valence-electron chi connectivity index (χ4n) is 1.24. The van der Waals surface area contributed by atoms with Crippen LogP contribution < -0.4 is 0 Å². The van der Waals surface area contributed by atoms with Gasteiger partial charge in [0.05, 0.1) is 7.11 Å². The molecule has 0 aliphatic rings. The number of hydrogen-bond donors (Lipinski definition) is 0. The van der Waals surface area contributed by atoms with Gasteiger partial charge in [0.2, 0.25) is 0 Å². The second-order valence-corrected chi connectivity index (χ2v) is 3.79. The Morgan fingerprint density at radius 1 is 1.43 bits per heavy atom. The number of methoxy groups -OCH3 is 1. The van der Waals surface area contributed by atoms with Crippen LogP contribution in [0.15, 0.2) is 24.3 Å². The van der Waals surface area contributed by atoms with E-state index in [1.54, 1.807) is 24.3 Å². The Hall–Kier alpha value is -1.42. The van der Waals surface area contributed by atoms with Crippen LogP contribution in [0.1, 0.15) is 9.67 Å². The maximum Gasteiger partial charge on any atom is 0.351 e. The van der Waals surface area contributed by atoms with Crippen LogP contribution in [0.25, 0.3) is 10.1 Å². The number of carbonyl (C=O) groups excluding carboxylic acids is 1. The fourth-order valence-corrected chi connectivity index (χ4v) is 2.24. The number of rotatable bonds is 1. The van der Waals surface area contributed by atoms with Gasteiger partial charge in [0.25, 0.3) is 0 Å². The van der Waals surface area contributed by atoms with Crippen molar-refractivity contribution < 1.29 is 13.9 Å². The van der Waals surface area contributed by atoms with Crippen molar-refractivity contribution in [2.24, 2.45) is 0 Å². The summed E-state index contributed by atoms with van der Waals surface area (Å²) >= 11 is 1.11. The van der Waals surface area contributed by atoms with Crippen molar-refractivity contribution in [1.29, 1.82) is 0 Å². The third-order valence-electron chi connectivity index (χ3n) is 1.91. The van der Waals surface area contributed by atoms with Crippen LogP contribution in [0.2, 0.25) is 0 Å². The van der Waals surface area contributed by atoms with Crippen molar-refractivity contribution in [3.63, 3.8) is 0 Å². The number of carbonyl (C=O) groups is 1. The van der Waals surface area contributed by atoms with Crippen LogP contribution in [-0.2, 0) is 4.74 Å². The molecule has 0 atom stereocenters. The lowest BCUT2D eigenvalue weighted by Crippen LogP contribution is -1.99. The molecule has 1 heterocycles. The molecule has 1 aromatic carbocycles. The van der Waals surface area contributed by atoms with Gasteiger partial charge < -0.3 is 4.74 Å². The zero-order chi connectivity index (χ0) is 10.1. The van der Waals surface area contributed by atoms with Gasteiger partial charge in [-0.25, -0.2) is 9.18 Å². The molecule has 1 aromatic heterocycles. The minimum Gasteiger partial charge on any atom is -0.465 e. The second kappa shape index (κ2) is 3.38. The Balaban J connectivity index is 2.68. The summed E-state index contributed by atoms with van der Waals surface area (Å²) < 4.78 is 18.8. The Bertz CT molecular complexity index is 490. The van der Waals surface area contributed by atoms with E-state index in [1.807, 2.05) is 0 Å². The summed E-state index contributed by atoms with van der Waals surface area (Å²) in [6, 6.07) is 6.96. The predicted molar refractivity (Wildman–Crippen MR) is 53.1 cm³/mol. The molecule has 2 aromatic rings. The standard InChI is InChI=1S/C10H7FO2S/c1-13-10(12)9-8(11)6-4-2-3-5-7(6)14-9/h2-5H,1H3. The van der Waals surface area contributed by atoms with E-state index in [9.17, 15) is 9.18 Å². The average molecular weight is 210 g/mol. The molecular weight excluding hydrogens is 203 g/mol. The first-order valence-corrected chi connectivity index (χ1v) is 4.81. The summed E-state index contributed by atoms with van der Waals surface area (Å²) in [5.74, 6) is -1.11. The Kier molecular flexibility index (Phi) is 2.21. The second-order valence-electron chi connectivity index (χ2n) is 2.73. The molecule has 0 N–H and O–H groups in total. The number of hydrogen-bond acceptors (Lipinski definition) is 3. The number of thiophene rings is 1. The maximum absolute atomic E-state index is 13.6. The van der Waals surface area contributed by atoms with Crippen molar-refractivity contribution in [1.82, 2.24) is 0 Å². The molecular formula is C10H7FO2S. The summed E-state index contributed by atoms with van der Waals surface area (Å²) in [7, 11) is 1.24. The number of esters is 1. The normalized spacial score (nSPS) is 10.4. The van der Waals surface area contributed by atoms with Gasteiger partial charge in [0.1, 0.15) is 4.88 Å². The number of halogens is 1. The van der Waals surface area contributed by atoms with Crippen LogP contribution in [0.3, 0.4) is 0 Å². The van der Waals surface area contributed by atoms with E-state index in [0.29, 0.717) is 5.39 Å². The lowest BCUT2D eigenvalue weighted by Gasteiger charge is -1.92. The van der Waals surface area contributed by atoms with Gasteiger partial charge in [-0.2, -0.15) is 0 Å². The molecule has 0 fully saturated rings. The van der Waals surface area contributed by atoms with Crippen molar-refractivity contribution in [3.05, 3.63) is 35.0 Å². The van der Waals surface area contributed by atoms with Gasteiger partial charge in [-0.3, -0.25) is 0 Å². The molecule has 0 saturated heterocycles. The highest BCUT2D eigenvalue weighted by Crippen LogP contribution is 2.29. The molecule has 0 radical (unpaired) electrons. The minimum absolute atomic E-state index is 0.0358. The van der Waals surface area contributed by atoms with Gasteiger partial charge in [0, 0.05) is 10.1 Å². The monoisotopic (exact) mass is 210 g/mol. The number of benzene rings is 1. The molecule has 2 nitrogen and oxygen atoms in total. The SMILES string of the molecule is COC(=O)c1sc2ccccc2c1F. The summed E-state index contributed by atoms with van der Waals surface area (Å²) in [5.41, 5.74) is 0. The lowest BCUT2D eigenvalue weighted by atomic mass is 10.2. The van der Waals surface area contributed by atoms with E-state index in [2.05, 4.69) is 4.74 Å². The Morgan fingerprint density at radius 3 is 2.79 bits per heavy atom. The van der Waals surface area contributed by atoms with E-state index in [1.165, 1.54) is 7.11 Å². The highest BCUT2D eigenvalue weighted by atomic mass is 32.1. The molecule has 0 aliphatic heterocycles. The molecule has 2 rings (SSSR count). The van der Waals surface area contributed by atoms with Crippen molar-refractivity contribution >= 4 is 27.4 Å². The van der Waals surface area contributed by atoms with Gasteiger partial charge in [-0.05, 0) is 6.07 Å². The van der Waals surface area contributed by atoms with Gasteiger partial charge >= 0.3 is 5.97 Å². The molecule has 72 valence electrons. The fraction of sp³-hybridized carbons (Fsp3) is 0.100. The molecule has 0 unspecified atom stereocenters. The largest absolute Gasteiger partial charge is 0.465 e. The summed E-state index contributed by atoms with van der Waals surface area (Å²) in [4.78, 5) is 11.2. The first kappa shape index (κ1) is 9.15. The number of fused-ring (bicyclic) bond motifs is 1. The zero-order valence-electron chi connectivity index (χ0n) is 7.41. The van der Waals surface area contributed by atoms with Crippen LogP contribution in [0.5, 0.6) is 0 Å². The minimum atomic E-state index is -0.622. The van der Waals surface area contributed by atoms with Gasteiger partial charge in [0.15, 0.2) is 5.82 Å². The van der Waals surface area contributed by atoms with Crippen molar-refractivity contribution in [2.75, 3.05) is 7.11 Å². The van der Waals surface area contributed by atoms with E-state index < -0.39 is 11.8 Å². The molecule has 0 amide bonds. The Labute approximate surface area is 83.9 Å².